The van der Waals surface area contributed by atoms with Crippen molar-refractivity contribution in [2.75, 3.05) is 19.6 Å². The lowest BCUT2D eigenvalue weighted by molar-refractivity contribution is -0.0377. The van der Waals surface area contributed by atoms with Crippen LogP contribution in [0.1, 0.15) is 16.1 Å². The smallest absolute Gasteiger partial charge is 0.270 e. The minimum absolute atomic E-state index is 0.0650. The Hall–Kier alpha value is -1.87. The van der Waals surface area contributed by atoms with Gasteiger partial charge in [0.15, 0.2) is 0 Å². The van der Waals surface area contributed by atoms with E-state index in [4.69, 9.17) is 0 Å². The van der Waals surface area contributed by atoms with Crippen LogP contribution in [0.25, 0.3) is 0 Å². The fourth-order valence-corrected chi connectivity index (χ4v) is 3.29. The van der Waals surface area contributed by atoms with E-state index in [2.05, 4.69) is 10.3 Å². The summed E-state index contributed by atoms with van der Waals surface area (Å²) in [4.78, 5) is 17.7. The van der Waals surface area contributed by atoms with Gasteiger partial charge < -0.3 is 15.5 Å². The van der Waals surface area contributed by atoms with Gasteiger partial charge in [0.1, 0.15) is 17.1 Å². The standard InChI is InChI=1S/C16H18FN3O3S/c17-12-3-1-11(2-4-12)5-20-6-14(21)16(23,9-20)8-18-15(22)13-7-24-10-19-13/h1-4,7,10,14,21,23H,5-6,8-9H2,(H,18,22)/t14-,16+/m1/s1. The van der Waals surface area contributed by atoms with Crippen LogP contribution in [0.3, 0.4) is 0 Å². The number of amides is 1. The van der Waals surface area contributed by atoms with Crippen LogP contribution in [0.4, 0.5) is 4.39 Å². The Kier molecular flexibility index (Phi) is 4.91. The van der Waals surface area contributed by atoms with Crippen molar-refractivity contribution in [3.05, 3.63) is 52.2 Å². The molecule has 1 fully saturated rings. The summed E-state index contributed by atoms with van der Waals surface area (Å²) in [6.45, 7) is 0.910. The Morgan fingerprint density at radius 2 is 2.21 bits per heavy atom. The highest BCUT2D eigenvalue weighted by Crippen LogP contribution is 2.23. The predicted molar refractivity (Wildman–Crippen MR) is 87.1 cm³/mol. The second-order valence-electron chi connectivity index (χ2n) is 5.97. The summed E-state index contributed by atoms with van der Waals surface area (Å²) in [6, 6.07) is 6.09. The molecule has 1 amide bonds. The van der Waals surface area contributed by atoms with Gasteiger partial charge in [0.25, 0.3) is 5.91 Å². The van der Waals surface area contributed by atoms with Gasteiger partial charge in [0.2, 0.25) is 0 Å². The van der Waals surface area contributed by atoms with Crippen molar-refractivity contribution in [3.8, 4) is 0 Å². The number of rotatable bonds is 5. The van der Waals surface area contributed by atoms with Crippen molar-refractivity contribution in [2.45, 2.75) is 18.2 Å². The van der Waals surface area contributed by atoms with Crippen molar-refractivity contribution < 1.29 is 19.4 Å². The van der Waals surface area contributed by atoms with Gasteiger partial charge in [0, 0.05) is 25.0 Å². The summed E-state index contributed by atoms with van der Waals surface area (Å²) >= 11 is 1.31. The maximum atomic E-state index is 12.9. The van der Waals surface area contributed by atoms with Gasteiger partial charge in [-0.3, -0.25) is 9.69 Å². The Labute approximate surface area is 142 Å². The average Bonchev–Trinajstić information content (AvgIpc) is 3.17. The number of nitrogens with one attached hydrogen (secondary N) is 1. The number of halogens is 1. The molecule has 1 aromatic heterocycles. The number of hydrogen-bond acceptors (Lipinski definition) is 6. The molecule has 0 unspecified atom stereocenters. The van der Waals surface area contributed by atoms with Gasteiger partial charge in [-0.2, -0.15) is 0 Å². The molecule has 128 valence electrons. The van der Waals surface area contributed by atoms with Gasteiger partial charge in [-0.05, 0) is 17.7 Å². The molecule has 1 aliphatic heterocycles. The van der Waals surface area contributed by atoms with Gasteiger partial charge in [-0.25, -0.2) is 9.37 Å². The molecule has 0 aliphatic carbocycles. The third-order valence-corrected chi connectivity index (χ3v) is 4.67. The molecular weight excluding hydrogens is 333 g/mol. The maximum absolute atomic E-state index is 12.9. The zero-order valence-corrected chi connectivity index (χ0v) is 13.7. The molecule has 0 bridgehead atoms. The van der Waals surface area contributed by atoms with E-state index in [-0.39, 0.29) is 31.4 Å². The molecule has 1 aliphatic rings. The van der Waals surface area contributed by atoms with Gasteiger partial charge in [-0.1, -0.05) is 12.1 Å². The number of benzene rings is 1. The van der Waals surface area contributed by atoms with Crippen LogP contribution >= 0.6 is 11.3 Å². The van der Waals surface area contributed by atoms with Crippen LogP contribution in [0.5, 0.6) is 0 Å². The van der Waals surface area contributed by atoms with Crippen LogP contribution in [0.15, 0.2) is 35.2 Å². The Morgan fingerprint density at radius 3 is 2.88 bits per heavy atom. The van der Waals surface area contributed by atoms with Crippen LogP contribution in [0.2, 0.25) is 0 Å². The lowest BCUT2D eigenvalue weighted by atomic mass is 10.0. The minimum atomic E-state index is -1.42. The third kappa shape index (κ3) is 3.78. The van der Waals surface area contributed by atoms with Crippen molar-refractivity contribution in [1.29, 1.82) is 0 Å². The summed E-state index contributed by atoms with van der Waals surface area (Å²) in [7, 11) is 0. The first-order valence-electron chi connectivity index (χ1n) is 7.50. The highest BCUT2D eigenvalue weighted by Gasteiger charge is 2.44. The van der Waals surface area contributed by atoms with Gasteiger partial charge >= 0.3 is 0 Å². The summed E-state index contributed by atoms with van der Waals surface area (Å²) in [5, 5.41) is 25.0. The van der Waals surface area contributed by atoms with Crippen molar-refractivity contribution in [3.63, 3.8) is 0 Å². The number of hydrogen-bond donors (Lipinski definition) is 3. The molecule has 2 heterocycles. The van der Waals surface area contributed by atoms with Crippen LogP contribution in [-0.2, 0) is 6.54 Å². The number of carbonyl (C=O) groups excluding carboxylic acids is 1. The Balaban J connectivity index is 1.57. The first-order chi connectivity index (χ1) is 11.5. The second kappa shape index (κ2) is 6.94. The molecule has 1 saturated heterocycles. The first kappa shape index (κ1) is 17.0. The average molecular weight is 351 g/mol. The molecule has 0 spiro atoms. The third-order valence-electron chi connectivity index (χ3n) is 4.09. The summed E-state index contributed by atoms with van der Waals surface area (Å²) in [6.07, 6.45) is -0.978. The molecule has 6 nitrogen and oxygen atoms in total. The second-order valence-corrected chi connectivity index (χ2v) is 6.69. The summed E-state index contributed by atoms with van der Waals surface area (Å²) < 4.78 is 12.9. The zero-order chi connectivity index (χ0) is 17.2. The van der Waals surface area contributed by atoms with Crippen LogP contribution < -0.4 is 5.32 Å². The Morgan fingerprint density at radius 1 is 1.46 bits per heavy atom. The van der Waals surface area contributed by atoms with E-state index in [0.717, 1.165) is 5.56 Å². The predicted octanol–water partition coefficient (Wildman–Crippen LogP) is 0.620. The number of thiazole rings is 1. The van der Waals surface area contributed by atoms with E-state index in [9.17, 15) is 19.4 Å². The molecule has 0 saturated carbocycles. The monoisotopic (exact) mass is 351 g/mol. The van der Waals surface area contributed by atoms with E-state index >= 15 is 0 Å². The quantitative estimate of drug-likeness (QED) is 0.735. The SMILES string of the molecule is O=C(NC[C@]1(O)CN(Cc2ccc(F)cc2)C[C@H]1O)c1cscn1. The van der Waals surface area contributed by atoms with Crippen LogP contribution in [-0.4, -0.2) is 57.3 Å². The molecule has 2 atom stereocenters. The first-order valence-corrected chi connectivity index (χ1v) is 8.44. The molecule has 1 aromatic carbocycles. The van der Waals surface area contributed by atoms with E-state index in [1.54, 1.807) is 23.0 Å². The van der Waals surface area contributed by atoms with Crippen molar-refractivity contribution in [1.82, 2.24) is 15.2 Å². The van der Waals surface area contributed by atoms with Crippen molar-refractivity contribution >= 4 is 17.2 Å². The highest BCUT2D eigenvalue weighted by molar-refractivity contribution is 7.07. The van der Waals surface area contributed by atoms with Crippen molar-refractivity contribution in [2.24, 2.45) is 0 Å². The highest BCUT2D eigenvalue weighted by atomic mass is 32.1. The number of β-amino-alcohol motifs (C(OH)–C–C–N with tert-alkyl or cyclic N) is 2. The molecular formula is C16H18FN3O3S. The summed E-state index contributed by atoms with van der Waals surface area (Å²) in [5.41, 5.74) is 1.31. The van der Waals surface area contributed by atoms with Gasteiger partial charge in [0.05, 0.1) is 18.2 Å². The largest absolute Gasteiger partial charge is 0.389 e. The molecule has 2 aromatic rings. The number of likely N-dealkylation sites (tertiary alicyclic amines) is 1. The van der Waals surface area contributed by atoms with E-state index in [1.807, 2.05) is 4.90 Å². The van der Waals surface area contributed by atoms with E-state index in [0.29, 0.717) is 12.2 Å². The number of nitrogens with zero attached hydrogens (tertiary/aromatic N) is 2. The summed E-state index contributed by atoms with van der Waals surface area (Å²) in [5.74, 6) is -0.685. The lowest BCUT2D eigenvalue weighted by Gasteiger charge is -2.26. The Bertz CT molecular complexity index is 695. The molecule has 24 heavy (non-hydrogen) atoms. The number of aliphatic hydroxyl groups excluding tert-OH is 1. The number of carbonyl (C=O) groups is 1. The molecule has 8 heteroatoms. The zero-order valence-electron chi connectivity index (χ0n) is 12.9. The molecule has 0 radical (unpaired) electrons. The fraction of sp³-hybridized carbons (Fsp3) is 0.375. The minimum Gasteiger partial charge on any atom is -0.389 e. The number of aromatic nitrogens is 1. The van der Waals surface area contributed by atoms with E-state index in [1.165, 1.54) is 23.5 Å². The molecule has 3 N–H and O–H groups in total. The maximum Gasteiger partial charge on any atom is 0.270 e. The van der Waals surface area contributed by atoms with E-state index < -0.39 is 11.7 Å². The van der Waals surface area contributed by atoms with Crippen LogP contribution in [0, 0.1) is 5.82 Å². The number of aliphatic hydroxyl groups is 2. The normalized spacial score (nSPS) is 24.2. The molecule has 3 rings (SSSR count). The fourth-order valence-electron chi connectivity index (χ4n) is 2.76. The van der Waals surface area contributed by atoms with Gasteiger partial charge in [-0.15, -0.1) is 11.3 Å². The lowest BCUT2D eigenvalue weighted by Crippen LogP contribution is -2.51. The topological polar surface area (TPSA) is 85.7 Å².